The van der Waals surface area contributed by atoms with Crippen LogP contribution in [0, 0.1) is 11.6 Å². The van der Waals surface area contributed by atoms with Crippen LogP contribution in [0.3, 0.4) is 0 Å². The molecule has 0 bridgehead atoms. The van der Waals surface area contributed by atoms with Gasteiger partial charge in [0.25, 0.3) is 5.91 Å². The first-order valence-corrected chi connectivity index (χ1v) is 8.57. The van der Waals surface area contributed by atoms with Crippen LogP contribution in [0.5, 0.6) is 0 Å². The monoisotopic (exact) mass is 366 g/mol. The van der Waals surface area contributed by atoms with Crippen molar-refractivity contribution in [3.8, 4) is 11.3 Å². The zero-order valence-corrected chi connectivity index (χ0v) is 15.4. The molecular weight excluding hydrogens is 346 g/mol. The predicted molar refractivity (Wildman–Crippen MR) is 103 cm³/mol. The Labute approximate surface area is 157 Å². The molecule has 1 aromatic heterocycles. The van der Waals surface area contributed by atoms with E-state index >= 15 is 0 Å². The van der Waals surface area contributed by atoms with Crippen molar-refractivity contribution in [3.05, 3.63) is 83.6 Å². The predicted octanol–water partition coefficient (Wildman–Crippen LogP) is 5.58. The van der Waals surface area contributed by atoms with Gasteiger partial charge in [-0.1, -0.05) is 32.9 Å². The lowest BCUT2D eigenvalue weighted by atomic mass is 9.87. The summed E-state index contributed by atoms with van der Waals surface area (Å²) in [5, 5.41) is 2.86. The molecule has 1 heterocycles. The van der Waals surface area contributed by atoms with Crippen molar-refractivity contribution < 1.29 is 13.6 Å². The van der Waals surface area contributed by atoms with Gasteiger partial charge in [-0.3, -0.25) is 9.78 Å². The van der Waals surface area contributed by atoms with Crippen LogP contribution in [0.1, 0.15) is 36.7 Å². The van der Waals surface area contributed by atoms with Crippen LogP contribution in [-0.4, -0.2) is 10.9 Å². The second kappa shape index (κ2) is 7.27. The first-order valence-electron chi connectivity index (χ1n) is 8.57. The summed E-state index contributed by atoms with van der Waals surface area (Å²) in [5.41, 5.74) is 3.08. The Bertz CT molecular complexity index is 976. The Morgan fingerprint density at radius 1 is 0.963 bits per heavy atom. The van der Waals surface area contributed by atoms with Gasteiger partial charge < -0.3 is 5.32 Å². The van der Waals surface area contributed by atoms with Gasteiger partial charge in [0.05, 0.1) is 11.3 Å². The van der Waals surface area contributed by atoms with Gasteiger partial charge in [0.1, 0.15) is 0 Å². The van der Waals surface area contributed by atoms with E-state index in [9.17, 15) is 13.6 Å². The van der Waals surface area contributed by atoms with Gasteiger partial charge in [-0.15, -0.1) is 0 Å². The van der Waals surface area contributed by atoms with Crippen molar-refractivity contribution in [2.45, 2.75) is 26.2 Å². The van der Waals surface area contributed by atoms with E-state index in [1.54, 1.807) is 12.1 Å². The van der Waals surface area contributed by atoms with Crippen LogP contribution in [0.15, 0.2) is 60.8 Å². The summed E-state index contributed by atoms with van der Waals surface area (Å²) < 4.78 is 26.4. The Hall–Kier alpha value is -3.08. The number of halogens is 2. The highest BCUT2D eigenvalue weighted by Gasteiger charge is 2.15. The quantitative estimate of drug-likeness (QED) is 0.658. The van der Waals surface area contributed by atoms with Gasteiger partial charge in [-0.2, -0.15) is 0 Å². The smallest absolute Gasteiger partial charge is 0.257 e. The van der Waals surface area contributed by atoms with Crippen molar-refractivity contribution >= 4 is 11.6 Å². The fourth-order valence-corrected chi connectivity index (χ4v) is 2.62. The van der Waals surface area contributed by atoms with Crippen molar-refractivity contribution in [2.75, 3.05) is 5.32 Å². The Kier molecular flexibility index (Phi) is 5.04. The number of nitrogens with one attached hydrogen (secondary N) is 1. The average Bonchev–Trinajstić information content (AvgIpc) is 2.63. The van der Waals surface area contributed by atoms with Gasteiger partial charge in [0, 0.05) is 17.4 Å². The number of amides is 1. The van der Waals surface area contributed by atoms with Gasteiger partial charge >= 0.3 is 0 Å². The zero-order valence-electron chi connectivity index (χ0n) is 15.4. The second-order valence-electron chi connectivity index (χ2n) is 7.35. The van der Waals surface area contributed by atoms with Crippen LogP contribution < -0.4 is 5.32 Å². The maximum absolute atomic E-state index is 13.4. The van der Waals surface area contributed by atoms with E-state index in [2.05, 4.69) is 31.1 Å². The number of anilines is 1. The molecule has 3 aromatic rings. The molecule has 3 nitrogen and oxygen atoms in total. The van der Waals surface area contributed by atoms with E-state index in [4.69, 9.17) is 0 Å². The number of hydrogen-bond donors (Lipinski definition) is 1. The highest BCUT2D eigenvalue weighted by Crippen LogP contribution is 2.25. The molecule has 5 heteroatoms. The van der Waals surface area contributed by atoms with Gasteiger partial charge in [-0.25, -0.2) is 8.78 Å². The van der Waals surface area contributed by atoms with Crippen molar-refractivity contribution in [1.29, 1.82) is 0 Å². The largest absolute Gasteiger partial charge is 0.322 e. The topological polar surface area (TPSA) is 42.0 Å². The summed E-state index contributed by atoms with van der Waals surface area (Å²) >= 11 is 0. The summed E-state index contributed by atoms with van der Waals surface area (Å²) in [7, 11) is 0. The third kappa shape index (κ3) is 4.37. The van der Waals surface area contributed by atoms with Crippen LogP contribution >= 0.6 is 0 Å². The summed E-state index contributed by atoms with van der Waals surface area (Å²) in [6.45, 7) is 6.32. The number of hydrogen-bond acceptors (Lipinski definition) is 2. The van der Waals surface area contributed by atoms with Crippen LogP contribution in [0.25, 0.3) is 11.3 Å². The van der Waals surface area contributed by atoms with Crippen molar-refractivity contribution in [3.63, 3.8) is 0 Å². The summed E-state index contributed by atoms with van der Waals surface area (Å²) in [4.78, 5) is 16.7. The van der Waals surface area contributed by atoms with E-state index < -0.39 is 11.6 Å². The number of aromatic nitrogens is 1. The minimum atomic E-state index is -0.935. The van der Waals surface area contributed by atoms with E-state index in [0.29, 0.717) is 22.5 Å². The van der Waals surface area contributed by atoms with Gasteiger partial charge in [0.15, 0.2) is 11.6 Å². The minimum Gasteiger partial charge on any atom is -0.322 e. The molecule has 0 aliphatic rings. The molecule has 0 aliphatic carbocycles. The number of pyridine rings is 1. The molecular formula is C22H20F2N2O. The lowest BCUT2D eigenvalue weighted by Crippen LogP contribution is -2.14. The SMILES string of the molecule is CC(C)(C)c1cccc(NC(=O)c2ccc(-c3ccc(F)c(F)c3)nc2)c1. The first-order chi connectivity index (χ1) is 12.7. The lowest BCUT2D eigenvalue weighted by Gasteiger charge is -2.19. The maximum atomic E-state index is 13.4. The lowest BCUT2D eigenvalue weighted by molar-refractivity contribution is 0.102. The Morgan fingerprint density at radius 3 is 2.37 bits per heavy atom. The molecule has 2 aromatic carbocycles. The molecule has 1 N–H and O–H groups in total. The molecule has 0 spiro atoms. The van der Waals surface area contributed by atoms with Crippen molar-refractivity contribution in [2.24, 2.45) is 0 Å². The molecule has 3 rings (SSSR count). The fourth-order valence-electron chi connectivity index (χ4n) is 2.62. The summed E-state index contributed by atoms with van der Waals surface area (Å²) in [6, 6.07) is 14.5. The third-order valence-corrected chi connectivity index (χ3v) is 4.23. The van der Waals surface area contributed by atoms with E-state index in [1.165, 1.54) is 12.3 Å². The second-order valence-corrected chi connectivity index (χ2v) is 7.35. The number of benzene rings is 2. The van der Waals surface area contributed by atoms with Gasteiger partial charge in [0.2, 0.25) is 0 Å². The van der Waals surface area contributed by atoms with E-state index in [-0.39, 0.29) is 11.3 Å². The number of rotatable bonds is 3. The number of carbonyl (C=O) groups excluding carboxylic acids is 1. The summed E-state index contributed by atoms with van der Waals surface area (Å²) in [6.07, 6.45) is 1.42. The molecule has 0 saturated heterocycles. The molecule has 0 saturated carbocycles. The first kappa shape index (κ1) is 18.7. The molecule has 0 fully saturated rings. The molecule has 0 atom stereocenters. The normalized spacial score (nSPS) is 11.3. The zero-order chi connectivity index (χ0) is 19.6. The number of nitrogens with zero attached hydrogens (tertiary/aromatic N) is 1. The highest BCUT2D eigenvalue weighted by molar-refractivity contribution is 6.04. The molecule has 27 heavy (non-hydrogen) atoms. The minimum absolute atomic E-state index is 0.0195. The average molecular weight is 366 g/mol. The van der Waals surface area contributed by atoms with E-state index in [0.717, 1.165) is 17.7 Å². The van der Waals surface area contributed by atoms with Crippen LogP contribution in [0.2, 0.25) is 0 Å². The fraction of sp³-hybridized carbons (Fsp3) is 0.182. The molecule has 0 radical (unpaired) electrons. The van der Waals surface area contributed by atoms with Crippen molar-refractivity contribution in [1.82, 2.24) is 4.98 Å². The van der Waals surface area contributed by atoms with Crippen LogP contribution in [0.4, 0.5) is 14.5 Å². The third-order valence-electron chi connectivity index (χ3n) is 4.23. The Balaban J connectivity index is 1.77. The molecule has 1 amide bonds. The molecule has 138 valence electrons. The molecule has 0 aliphatic heterocycles. The van der Waals surface area contributed by atoms with E-state index in [1.807, 2.05) is 24.3 Å². The Morgan fingerprint density at radius 2 is 1.74 bits per heavy atom. The summed E-state index contributed by atoms with van der Waals surface area (Å²) in [5.74, 6) is -2.13. The highest BCUT2D eigenvalue weighted by atomic mass is 19.2. The maximum Gasteiger partial charge on any atom is 0.257 e. The van der Waals surface area contributed by atoms with Gasteiger partial charge in [-0.05, 0) is 53.4 Å². The van der Waals surface area contributed by atoms with Crippen LogP contribution in [-0.2, 0) is 5.41 Å². The molecule has 0 unspecified atom stereocenters. The standard InChI is InChI=1S/C22H20F2N2O/c1-22(2,3)16-5-4-6-17(12-16)26-21(27)15-8-10-20(25-13-15)14-7-9-18(23)19(24)11-14/h4-13H,1-3H3,(H,26,27). The number of carbonyl (C=O) groups is 1.